The van der Waals surface area contributed by atoms with E-state index in [1.165, 1.54) is 5.56 Å². The maximum Gasteiger partial charge on any atom is 0.246 e. The Kier molecular flexibility index (Phi) is 5.96. The quantitative estimate of drug-likeness (QED) is 0.619. The predicted octanol–water partition coefficient (Wildman–Crippen LogP) is 3.09. The Morgan fingerprint density at radius 1 is 0.848 bits per heavy atom. The number of piperazine rings is 1. The molecule has 3 aromatic rings. The first-order chi connectivity index (χ1) is 16.1. The van der Waals surface area contributed by atoms with Crippen LogP contribution in [-0.2, 0) is 17.9 Å². The highest BCUT2D eigenvalue weighted by atomic mass is 16.2. The number of anilines is 3. The van der Waals surface area contributed by atoms with E-state index in [1.54, 1.807) is 6.33 Å². The molecular formula is C26H30N6O. The first kappa shape index (κ1) is 21.4. The van der Waals surface area contributed by atoms with Crippen molar-refractivity contribution in [3.05, 3.63) is 77.6 Å². The number of carbonyl (C=O) groups excluding carboxylic acids is 1. The fourth-order valence-corrected chi connectivity index (χ4v) is 4.79. The standard InChI is InChI=1S/C26H30N6O/c1-20-8-6-7-11-23(20)32-17-22-25(29(2)18-24(32)33)27-19-28-26(22)31-14-12-30(13-15-31)16-21-9-4-3-5-10-21/h3-11,19H,12-18H2,1-2H3. The topological polar surface area (TPSA) is 55.8 Å². The number of hydrogen-bond acceptors (Lipinski definition) is 6. The minimum atomic E-state index is 0.0726. The molecule has 2 aliphatic heterocycles. The third-order valence-electron chi connectivity index (χ3n) is 6.58. The van der Waals surface area contributed by atoms with Crippen molar-refractivity contribution in [2.75, 3.05) is 54.5 Å². The largest absolute Gasteiger partial charge is 0.354 e. The van der Waals surface area contributed by atoms with Crippen molar-refractivity contribution in [3.8, 4) is 0 Å². The summed E-state index contributed by atoms with van der Waals surface area (Å²) < 4.78 is 0. The number of rotatable bonds is 4. The number of amides is 1. The molecule has 0 radical (unpaired) electrons. The van der Waals surface area contributed by atoms with Crippen LogP contribution in [0.4, 0.5) is 17.3 Å². The molecule has 33 heavy (non-hydrogen) atoms. The number of nitrogens with zero attached hydrogens (tertiary/aromatic N) is 6. The van der Waals surface area contributed by atoms with E-state index in [1.807, 2.05) is 48.0 Å². The number of likely N-dealkylation sites (N-methyl/N-ethyl adjacent to an activating group) is 1. The summed E-state index contributed by atoms with van der Waals surface area (Å²) in [4.78, 5) is 31.1. The smallest absolute Gasteiger partial charge is 0.246 e. The van der Waals surface area contributed by atoms with Gasteiger partial charge in [0.05, 0.1) is 18.7 Å². The van der Waals surface area contributed by atoms with Gasteiger partial charge in [0.25, 0.3) is 0 Å². The summed E-state index contributed by atoms with van der Waals surface area (Å²) in [5, 5.41) is 0. The minimum absolute atomic E-state index is 0.0726. The summed E-state index contributed by atoms with van der Waals surface area (Å²) in [6.07, 6.45) is 1.63. The Balaban J connectivity index is 1.39. The molecule has 0 bridgehead atoms. The van der Waals surface area contributed by atoms with Gasteiger partial charge < -0.3 is 14.7 Å². The number of benzene rings is 2. The molecule has 0 N–H and O–H groups in total. The number of para-hydroxylation sites is 1. The lowest BCUT2D eigenvalue weighted by Crippen LogP contribution is -2.46. The van der Waals surface area contributed by atoms with E-state index in [2.05, 4.69) is 45.1 Å². The molecule has 1 amide bonds. The summed E-state index contributed by atoms with van der Waals surface area (Å²) in [7, 11) is 1.94. The lowest BCUT2D eigenvalue weighted by molar-refractivity contribution is -0.117. The monoisotopic (exact) mass is 442 g/mol. The molecule has 3 heterocycles. The highest BCUT2D eigenvalue weighted by Crippen LogP contribution is 2.33. The van der Waals surface area contributed by atoms with Crippen molar-refractivity contribution in [1.29, 1.82) is 0 Å². The molecule has 7 nitrogen and oxygen atoms in total. The number of carbonyl (C=O) groups is 1. The molecule has 0 spiro atoms. The number of aromatic nitrogens is 2. The Labute approximate surface area is 195 Å². The third kappa shape index (κ3) is 4.41. The fraction of sp³-hybridized carbons (Fsp3) is 0.346. The van der Waals surface area contributed by atoms with Crippen molar-refractivity contribution < 1.29 is 4.79 Å². The van der Waals surface area contributed by atoms with Crippen LogP contribution in [0, 0.1) is 6.92 Å². The molecule has 2 aliphatic rings. The summed E-state index contributed by atoms with van der Waals surface area (Å²) in [6.45, 7) is 7.54. The summed E-state index contributed by atoms with van der Waals surface area (Å²) in [5.74, 6) is 1.86. The van der Waals surface area contributed by atoms with Crippen molar-refractivity contribution in [3.63, 3.8) is 0 Å². The molecule has 0 aliphatic carbocycles. The molecule has 1 fully saturated rings. The molecule has 170 valence electrons. The number of fused-ring (bicyclic) bond motifs is 1. The van der Waals surface area contributed by atoms with Crippen LogP contribution in [0.5, 0.6) is 0 Å². The number of aryl methyl sites for hydroxylation is 1. The van der Waals surface area contributed by atoms with Crippen LogP contribution in [0.15, 0.2) is 60.9 Å². The average molecular weight is 443 g/mol. The van der Waals surface area contributed by atoms with Crippen LogP contribution in [-0.4, -0.2) is 60.5 Å². The lowest BCUT2D eigenvalue weighted by Gasteiger charge is -2.36. The van der Waals surface area contributed by atoms with E-state index in [0.29, 0.717) is 13.1 Å². The zero-order chi connectivity index (χ0) is 22.8. The van der Waals surface area contributed by atoms with E-state index < -0.39 is 0 Å². The zero-order valence-corrected chi connectivity index (χ0v) is 19.3. The molecule has 0 unspecified atom stereocenters. The van der Waals surface area contributed by atoms with Crippen LogP contribution in [0.2, 0.25) is 0 Å². The highest BCUT2D eigenvalue weighted by molar-refractivity contribution is 5.98. The van der Waals surface area contributed by atoms with Gasteiger partial charge in [-0.25, -0.2) is 9.97 Å². The molecule has 2 aromatic carbocycles. The van der Waals surface area contributed by atoms with E-state index in [4.69, 9.17) is 4.98 Å². The molecular weight excluding hydrogens is 412 g/mol. The second-order valence-electron chi connectivity index (χ2n) is 8.87. The Hall–Kier alpha value is -3.45. The lowest BCUT2D eigenvalue weighted by atomic mass is 10.1. The molecule has 1 saturated heterocycles. The highest BCUT2D eigenvalue weighted by Gasteiger charge is 2.31. The van der Waals surface area contributed by atoms with Gasteiger partial charge in [0.1, 0.15) is 18.0 Å². The first-order valence-electron chi connectivity index (χ1n) is 11.5. The second-order valence-corrected chi connectivity index (χ2v) is 8.87. The summed E-state index contributed by atoms with van der Waals surface area (Å²) in [5.41, 5.74) is 4.40. The Morgan fingerprint density at radius 2 is 1.55 bits per heavy atom. The van der Waals surface area contributed by atoms with Crippen molar-refractivity contribution >= 4 is 23.2 Å². The summed E-state index contributed by atoms with van der Waals surface area (Å²) >= 11 is 0. The van der Waals surface area contributed by atoms with E-state index in [0.717, 1.165) is 61.2 Å². The van der Waals surface area contributed by atoms with Crippen LogP contribution < -0.4 is 14.7 Å². The van der Waals surface area contributed by atoms with E-state index >= 15 is 0 Å². The normalized spacial score (nSPS) is 17.2. The second kappa shape index (κ2) is 9.19. The van der Waals surface area contributed by atoms with Crippen LogP contribution in [0.25, 0.3) is 0 Å². The van der Waals surface area contributed by atoms with Gasteiger partial charge in [0.15, 0.2) is 0 Å². The third-order valence-corrected chi connectivity index (χ3v) is 6.58. The van der Waals surface area contributed by atoms with Gasteiger partial charge in [-0.05, 0) is 24.1 Å². The van der Waals surface area contributed by atoms with Crippen LogP contribution in [0.1, 0.15) is 16.7 Å². The SMILES string of the molecule is Cc1ccccc1N1Cc2c(ncnc2N2CCN(Cc3ccccc3)CC2)N(C)CC1=O. The maximum atomic E-state index is 13.2. The van der Waals surface area contributed by atoms with Crippen LogP contribution >= 0.6 is 0 Å². The molecule has 1 aromatic heterocycles. The van der Waals surface area contributed by atoms with Gasteiger partial charge in [0, 0.05) is 45.5 Å². The van der Waals surface area contributed by atoms with Crippen molar-refractivity contribution in [2.45, 2.75) is 20.0 Å². The molecule has 0 saturated carbocycles. The Bertz CT molecular complexity index is 1130. The van der Waals surface area contributed by atoms with Gasteiger partial charge in [-0.3, -0.25) is 9.69 Å². The Morgan fingerprint density at radius 3 is 2.30 bits per heavy atom. The fourth-order valence-electron chi connectivity index (χ4n) is 4.79. The van der Waals surface area contributed by atoms with Gasteiger partial charge >= 0.3 is 0 Å². The minimum Gasteiger partial charge on any atom is -0.354 e. The molecule has 0 atom stereocenters. The maximum absolute atomic E-state index is 13.2. The van der Waals surface area contributed by atoms with Gasteiger partial charge in [-0.2, -0.15) is 0 Å². The summed E-state index contributed by atoms with van der Waals surface area (Å²) in [6, 6.07) is 18.7. The van der Waals surface area contributed by atoms with E-state index in [9.17, 15) is 4.79 Å². The van der Waals surface area contributed by atoms with Crippen molar-refractivity contribution in [1.82, 2.24) is 14.9 Å². The number of hydrogen-bond donors (Lipinski definition) is 0. The predicted molar refractivity (Wildman–Crippen MR) is 132 cm³/mol. The zero-order valence-electron chi connectivity index (χ0n) is 19.3. The van der Waals surface area contributed by atoms with Gasteiger partial charge in [0.2, 0.25) is 5.91 Å². The van der Waals surface area contributed by atoms with Gasteiger partial charge in [-0.1, -0.05) is 48.5 Å². The average Bonchev–Trinajstić information content (AvgIpc) is 2.96. The van der Waals surface area contributed by atoms with E-state index in [-0.39, 0.29) is 5.91 Å². The van der Waals surface area contributed by atoms with Gasteiger partial charge in [-0.15, -0.1) is 0 Å². The van der Waals surface area contributed by atoms with Crippen molar-refractivity contribution in [2.24, 2.45) is 0 Å². The molecule has 7 heteroatoms. The first-order valence-corrected chi connectivity index (χ1v) is 11.5. The van der Waals surface area contributed by atoms with Crippen LogP contribution in [0.3, 0.4) is 0 Å². The molecule has 5 rings (SSSR count).